The zero-order valence-corrected chi connectivity index (χ0v) is 14.5. The molecule has 1 heterocycles. The number of carbonyl (C=O) groups excluding carboxylic acids is 1. The van der Waals surface area contributed by atoms with Gasteiger partial charge in [0.25, 0.3) is 0 Å². The number of hydrogen-bond donors (Lipinski definition) is 2. The summed E-state index contributed by atoms with van der Waals surface area (Å²) in [5, 5.41) is 6.54. The predicted octanol–water partition coefficient (Wildman–Crippen LogP) is 2.70. The normalized spacial score (nSPS) is 18.0. The van der Waals surface area contributed by atoms with Gasteiger partial charge in [0.2, 0.25) is 0 Å². The van der Waals surface area contributed by atoms with Crippen LogP contribution in [0.5, 0.6) is 0 Å². The van der Waals surface area contributed by atoms with Gasteiger partial charge in [0, 0.05) is 18.5 Å². The number of carbonyl (C=O) groups is 1. The molecular weight excluding hydrogens is 268 g/mol. The lowest BCUT2D eigenvalue weighted by atomic mass is 9.87. The van der Waals surface area contributed by atoms with Gasteiger partial charge in [-0.1, -0.05) is 20.8 Å². The summed E-state index contributed by atoms with van der Waals surface area (Å²) in [5.74, 6) is 0. The van der Waals surface area contributed by atoms with Gasteiger partial charge in [0.1, 0.15) is 5.60 Å². The maximum Gasteiger partial charge on any atom is 0.408 e. The molecule has 0 bridgehead atoms. The molecule has 1 aliphatic rings. The molecule has 0 aliphatic carbocycles. The molecule has 124 valence electrons. The molecule has 0 aromatic heterocycles. The number of rotatable bonds is 7. The molecule has 5 nitrogen and oxygen atoms in total. The van der Waals surface area contributed by atoms with Gasteiger partial charge in [0.15, 0.2) is 0 Å². The highest BCUT2D eigenvalue weighted by molar-refractivity contribution is 5.68. The van der Waals surface area contributed by atoms with E-state index in [1.807, 2.05) is 20.8 Å². The van der Waals surface area contributed by atoms with Crippen molar-refractivity contribution >= 4 is 6.09 Å². The first-order chi connectivity index (χ1) is 9.64. The Morgan fingerprint density at radius 2 is 1.81 bits per heavy atom. The molecule has 21 heavy (non-hydrogen) atoms. The van der Waals surface area contributed by atoms with E-state index < -0.39 is 5.60 Å². The molecule has 0 aromatic rings. The summed E-state index contributed by atoms with van der Waals surface area (Å²) in [7, 11) is 0. The molecule has 1 amide bonds. The molecule has 5 heteroatoms. The van der Waals surface area contributed by atoms with Crippen LogP contribution < -0.4 is 10.6 Å². The van der Waals surface area contributed by atoms with E-state index in [0.29, 0.717) is 0 Å². The van der Waals surface area contributed by atoms with E-state index >= 15 is 0 Å². The molecule has 0 aromatic carbocycles. The third kappa shape index (κ3) is 5.83. The smallest absolute Gasteiger partial charge is 0.408 e. The standard InChI is InChI=1S/C16H32N2O3/c1-7-16(8-2,18-13(19)21-14(3,4)5)10-17-9-15(6)11-20-12-15/h17H,7-12H2,1-6H3,(H,18,19). The molecule has 0 spiro atoms. The van der Waals surface area contributed by atoms with E-state index in [-0.39, 0.29) is 17.0 Å². The van der Waals surface area contributed by atoms with Crippen molar-refractivity contribution in [3.8, 4) is 0 Å². The Labute approximate surface area is 129 Å². The van der Waals surface area contributed by atoms with Crippen LogP contribution in [0, 0.1) is 5.41 Å². The molecule has 0 radical (unpaired) electrons. The van der Waals surface area contributed by atoms with E-state index in [2.05, 4.69) is 31.4 Å². The van der Waals surface area contributed by atoms with Gasteiger partial charge in [-0.2, -0.15) is 0 Å². The van der Waals surface area contributed by atoms with Crippen LogP contribution in [-0.2, 0) is 9.47 Å². The van der Waals surface area contributed by atoms with E-state index in [0.717, 1.165) is 39.1 Å². The van der Waals surface area contributed by atoms with Crippen LogP contribution in [0.1, 0.15) is 54.4 Å². The number of ether oxygens (including phenoxy) is 2. The van der Waals surface area contributed by atoms with E-state index in [4.69, 9.17) is 9.47 Å². The highest BCUT2D eigenvalue weighted by Crippen LogP contribution is 2.25. The average Bonchev–Trinajstić information content (AvgIpc) is 2.33. The first-order valence-electron chi connectivity index (χ1n) is 7.93. The maximum atomic E-state index is 12.0. The lowest BCUT2D eigenvalue weighted by Crippen LogP contribution is -2.57. The van der Waals surface area contributed by atoms with Gasteiger partial charge in [-0.25, -0.2) is 4.79 Å². The molecule has 0 saturated carbocycles. The fourth-order valence-corrected chi connectivity index (χ4v) is 2.40. The van der Waals surface area contributed by atoms with Crippen molar-refractivity contribution in [3.63, 3.8) is 0 Å². The first-order valence-corrected chi connectivity index (χ1v) is 7.93. The fourth-order valence-electron chi connectivity index (χ4n) is 2.40. The van der Waals surface area contributed by atoms with Crippen LogP contribution in [-0.4, -0.2) is 43.5 Å². The van der Waals surface area contributed by atoms with Gasteiger partial charge in [-0.3, -0.25) is 0 Å². The zero-order chi connectivity index (χ0) is 16.1. The minimum atomic E-state index is -0.471. The second kappa shape index (κ2) is 6.97. The monoisotopic (exact) mass is 300 g/mol. The van der Waals surface area contributed by atoms with Gasteiger partial charge in [-0.15, -0.1) is 0 Å². The Bertz CT molecular complexity index is 342. The average molecular weight is 300 g/mol. The summed E-state index contributed by atoms with van der Waals surface area (Å²) < 4.78 is 10.6. The Balaban J connectivity index is 2.50. The Morgan fingerprint density at radius 3 is 2.19 bits per heavy atom. The lowest BCUT2D eigenvalue weighted by Gasteiger charge is -2.40. The topological polar surface area (TPSA) is 59.6 Å². The van der Waals surface area contributed by atoms with Crippen LogP contribution in [0.3, 0.4) is 0 Å². The lowest BCUT2D eigenvalue weighted by molar-refractivity contribution is -0.0994. The number of hydrogen-bond acceptors (Lipinski definition) is 4. The van der Waals surface area contributed by atoms with Crippen LogP contribution in [0.2, 0.25) is 0 Å². The second-order valence-electron chi connectivity index (χ2n) is 7.52. The summed E-state index contributed by atoms with van der Waals surface area (Å²) in [6.45, 7) is 15.3. The summed E-state index contributed by atoms with van der Waals surface area (Å²) in [6.07, 6.45) is 1.39. The summed E-state index contributed by atoms with van der Waals surface area (Å²) in [5.41, 5.74) is -0.496. The number of alkyl carbamates (subject to hydrolysis) is 1. The second-order valence-corrected chi connectivity index (χ2v) is 7.52. The third-order valence-corrected chi connectivity index (χ3v) is 4.04. The highest BCUT2D eigenvalue weighted by Gasteiger charge is 2.35. The Kier molecular flexibility index (Phi) is 6.05. The van der Waals surface area contributed by atoms with Crippen molar-refractivity contribution < 1.29 is 14.3 Å². The molecule has 0 unspecified atom stereocenters. The van der Waals surface area contributed by atoms with Crippen molar-refractivity contribution in [3.05, 3.63) is 0 Å². The number of nitrogens with one attached hydrogen (secondary N) is 2. The zero-order valence-electron chi connectivity index (χ0n) is 14.5. The largest absolute Gasteiger partial charge is 0.444 e. The third-order valence-electron chi connectivity index (χ3n) is 4.04. The molecule has 1 aliphatic heterocycles. The minimum absolute atomic E-state index is 0.235. The minimum Gasteiger partial charge on any atom is -0.444 e. The summed E-state index contributed by atoms with van der Waals surface area (Å²) >= 11 is 0. The van der Waals surface area contributed by atoms with Crippen molar-refractivity contribution in [2.75, 3.05) is 26.3 Å². The SMILES string of the molecule is CCC(CC)(CNCC1(C)COC1)NC(=O)OC(C)(C)C. The Morgan fingerprint density at radius 1 is 1.24 bits per heavy atom. The van der Waals surface area contributed by atoms with Crippen LogP contribution in [0.25, 0.3) is 0 Å². The van der Waals surface area contributed by atoms with Crippen LogP contribution in [0.4, 0.5) is 4.79 Å². The quantitative estimate of drug-likeness (QED) is 0.759. The number of amides is 1. The van der Waals surface area contributed by atoms with Gasteiger partial charge >= 0.3 is 6.09 Å². The van der Waals surface area contributed by atoms with Crippen molar-refractivity contribution in [1.29, 1.82) is 0 Å². The van der Waals surface area contributed by atoms with Gasteiger partial charge < -0.3 is 20.1 Å². The molecule has 1 rings (SSSR count). The Hall–Kier alpha value is -0.810. The van der Waals surface area contributed by atoms with Crippen molar-refractivity contribution in [2.24, 2.45) is 5.41 Å². The van der Waals surface area contributed by atoms with Crippen molar-refractivity contribution in [1.82, 2.24) is 10.6 Å². The van der Waals surface area contributed by atoms with E-state index in [1.54, 1.807) is 0 Å². The van der Waals surface area contributed by atoms with E-state index in [9.17, 15) is 4.79 Å². The van der Waals surface area contributed by atoms with Crippen LogP contribution >= 0.6 is 0 Å². The predicted molar refractivity (Wildman–Crippen MR) is 84.5 cm³/mol. The van der Waals surface area contributed by atoms with Crippen LogP contribution in [0.15, 0.2) is 0 Å². The fraction of sp³-hybridized carbons (Fsp3) is 0.938. The van der Waals surface area contributed by atoms with Gasteiger partial charge in [-0.05, 0) is 33.6 Å². The van der Waals surface area contributed by atoms with Gasteiger partial charge in [0.05, 0.1) is 18.8 Å². The molecule has 1 fully saturated rings. The first kappa shape index (κ1) is 18.2. The molecule has 2 N–H and O–H groups in total. The maximum absolute atomic E-state index is 12.0. The summed E-state index contributed by atoms with van der Waals surface area (Å²) in [6, 6.07) is 0. The molecule has 0 atom stereocenters. The summed E-state index contributed by atoms with van der Waals surface area (Å²) in [4.78, 5) is 12.0. The molecule has 1 saturated heterocycles. The van der Waals surface area contributed by atoms with E-state index in [1.165, 1.54) is 0 Å². The van der Waals surface area contributed by atoms with Crippen molar-refractivity contribution in [2.45, 2.75) is 65.5 Å². The molecular formula is C16H32N2O3. The highest BCUT2D eigenvalue weighted by atomic mass is 16.6.